The van der Waals surface area contributed by atoms with Crippen LogP contribution in [0.3, 0.4) is 0 Å². The molecule has 1 heterocycles. The van der Waals surface area contributed by atoms with Gasteiger partial charge in [0.25, 0.3) is 0 Å². The standard InChI is InChI=1S/C13H20N2O.ClH/c1-12(2)5-7-13(14,8-6-12)10-3-4-11(16)15-9-10;/h3-4,9H,5-8,14H2,1-2H3,(H,15,16);1H. The molecule has 1 fully saturated rings. The van der Waals surface area contributed by atoms with E-state index in [1.54, 1.807) is 12.3 Å². The first-order chi connectivity index (χ1) is 7.41. The highest BCUT2D eigenvalue weighted by Crippen LogP contribution is 2.43. The molecule has 3 N–H and O–H groups in total. The van der Waals surface area contributed by atoms with Gasteiger partial charge in [-0.1, -0.05) is 19.9 Å². The van der Waals surface area contributed by atoms with E-state index in [2.05, 4.69) is 18.8 Å². The maximum absolute atomic E-state index is 11.0. The zero-order chi connectivity index (χ0) is 11.8. The molecular weight excluding hydrogens is 236 g/mol. The Labute approximate surface area is 108 Å². The second kappa shape index (κ2) is 4.83. The highest BCUT2D eigenvalue weighted by molar-refractivity contribution is 5.85. The smallest absolute Gasteiger partial charge is 0.247 e. The fourth-order valence-electron chi connectivity index (χ4n) is 2.38. The number of rotatable bonds is 1. The summed E-state index contributed by atoms with van der Waals surface area (Å²) < 4.78 is 0. The summed E-state index contributed by atoms with van der Waals surface area (Å²) in [5.41, 5.74) is 7.58. The van der Waals surface area contributed by atoms with Gasteiger partial charge in [0.1, 0.15) is 0 Å². The van der Waals surface area contributed by atoms with Gasteiger partial charge < -0.3 is 10.7 Å². The maximum atomic E-state index is 11.0. The summed E-state index contributed by atoms with van der Waals surface area (Å²) in [5.74, 6) is 0. The third kappa shape index (κ3) is 3.11. The van der Waals surface area contributed by atoms with Crippen LogP contribution in [0.15, 0.2) is 23.1 Å². The monoisotopic (exact) mass is 256 g/mol. The van der Waals surface area contributed by atoms with Gasteiger partial charge in [0, 0.05) is 17.8 Å². The molecule has 0 bridgehead atoms. The van der Waals surface area contributed by atoms with Crippen LogP contribution in [-0.2, 0) is 5.54 Å². The summed E-state index contributed by atoms with van der Waals surface area (Å²) in [5, 5.41) is 0. The first-order valence-electron chi connectivity index (χ1n) is 5.90. The molecule has 0 aromatic carbocycles. The minimum absolute atomic E-state index is 0. The molecule has 2 rings (SSSR count). The number of halogens is 1. The molecule has 96 valence electrons. The van der Waals surface area contributed by atoms with E-state index in [4.69, 9.17) is 5.73 Å². The Morgan fingerprint density at radius 2 is 1.76 bits per heavy atom. The van der Waals surface area contributed by atoms with E-state index in [9.17, 15) is 4.79 Å². The summed E-state index contributed by atoms with van der Waals surface area (Å²) in [4.78, 5) is 13.7. The Balaban J connectivity index is 0.00000144. The minimum Gasteiger partial charge on any atom is -0.329 e. The third-order valence-electron chi connectivity index (χ3n) is 3.85. The number of nitrogens with one attached hydrogen (secondary N) is 1. The predicted molar refractivity (Wildman–Crippen MR) is 72.4 cm³/mol. The van der Waals surface area contributed by atoms with Gasteiger partial charge in [0.05, 0.1) is 0 Å². The van der Waals surface area contributed by atoms with Crippen molar-refractivity contribution in [1.29, 1.82) is 0 Å². The Bertz CT molecular complexity index is 409. The average Bonchev–Trinajstić information content (AvgIpc) is 2.24. The summed E-state index contributed by atoms with van der Waals surface area (Å²) in [7, 11) is 0. The second-order valence-corrected chi connectivity index (χ2v) is 5.76. The molecule has 0 amide bonds. The van der Waals surface area contributed by atoms with Gasteiger partial charge >= 0.3 is 0 Å². The normalized spacial score (nSPS) is 21.6. The molecule has 0 aliphatic heterocycles. The van der Waals surface area contributed by atoms with E-state index in [1.165, 1.54) is 0 Å². The maximum Gasteiger partial charge on any atom is 0.247 e. The lowest BCUT2D eigenvalue weighted by Crippen LogP contribution is -2.42. The van der Waals surface area contributed by atoms with Gasteiger partial charge in [-0.05, 0) is 36.7 Å². The summed E-state index contributed by atoms with van der Waals surface area (Å²) in [6, 6.07) is 3.42. The van der Waals surface area contributed by atoms with Crippen molar-refractivity contribution >= 4 is 12.4 Å². The van der Waals surface area contributed by atoms with Gasteiger partial charge in [-0.15, -0.1) is 12.4 Å². The summed E-state index contributed by atoms with van der Waals surface area (Å²) in [6.07, 6.45) is 6.03. The van der Waals surface area contributed by atoms with Crippen molar-refractivity contribution in [3.8, 4) is 0 Å². The van der Waals surface area contributed by atoms with Crippen molar-refractivity contribution in [1.82, 2.24) is 4.98 Å². The molecule has 3 nitrogen and oxygen atoms in total. The molecule has 1 aromatic rings. The van der Waals surface area contributed by atoms with Crippen LogP contribution in [0.4, 0.5) is 0 Å². The summed E-state index contributed by atoms with van der Waals surface area (Å²) in [6.45, 7) is 4.58. The van der Waals surface area contributed by atoms with Crippen molar-refractivity contribution in [2.45, 2.75) is 45.1 Å². The lowest BCUT2D eigenvalue weighted by molar-refractivity contribution is 0.165. The zero-order valence-electron chi connectivity index (χ0n) is 10.5. The number of H-pyrrole nitrogens is 1. The molecule has 4 heteroatoms. The van der Waals surface area contributed by atoms with Crippen molar-refractivity contribution < 1.29 is 0 Å². The largest absolute Gasteiger partial charge is 0.329 e. The molecule has 0 saturated heterocycles. The number of hydrogen-bond acceptors (Lipinski definition) is 2. The minimum atomic E-state index is -0.250. The van der Waals surface area contributed by atoms with Crippen LogP contribution in [0.1, 0.15) is 45.1 Å². The van der Waals surface area contributed by atoms with Crippen LogP contribution < -0.4 is 11.3 Å². The highest BCUT2D eigenvalue weighted by atomic mass is 35.5. The summed E-state index contributed by atoms with van der Waals surface area (Å²) >= 11 is 0. The van der Waals surface area contributed by atoms with Crippen molar-refractivity contribution in [2.24, 2.45) is 11.1 Å². The van der Waals surface area contributed by atoms with Crippen molar-refractivity contribution in [3.05, 3.63) is 34.2 Å². The second-order valence-electron chi connectivity index (χ2n) is 5.76. The van der Waals surface area contributed by atoms with Gasteiger partial charge in [-0.3, -0.25) is 4.79 Å². The molecule has 1 saturated carbocycles. The molecule has 0 atom stereocenters. The van der Waals surface area contributed by atoms with Crippen molar-refractivity contribution in [3.63, 3.8) is 0 Å². The van der Waals surface area contributed by atoms with Gasteiger partial charge in [-0.2, -0.15) is 0 Å². The third-order valence-corrected chi connectivity index (χ3v) is 3.85. The van der Waals surface area contributed by atoms with E-state index in [0.29, 0.717) is 5.41 Å². The molecular formula is C13H21ClN2O. The zero-order valence-corrected chi connectivity index (χ0v) is 11.3. The van der Waals surface area contributed by atoms with Crippen LogP contribution in [0.25, 0.3) is 0 Å². The Morgan fingerprint density at radius 3 is 2.24 bits per heavy atom. The van der Waals surface area contributed by atoms with E-state index >= 15 is 0 Å². The quantitative estimate of drug-likeness (QED) is 0.811. The number of pyridine rings is 1. The van der Waals surface area contributed by atoms with Gasteiger partial charge in [-0.25, -0.2) is 0 Å². The molecule has 0 spiro atoms. The van der Waals surface area contributed by atoms with Crippen molar-refractivity contribution in [2.75, 3.05) is 0 Å². The molecule has 0 unspecified atom stereocenters. The van der Waals surface area contributed by atoms with E-state index in [1.807, 2.05) is 6.07 Å². The first-order valence-corrected chi connectivity index (χ1v) is 5.90. The lowest BCUT2D eigenvalue weighted by atomic mass is 9.68. The van der Waals surface area contributed by atoms with Gasteiger partial charge in [0.15, 0.2) is 0 Å². The Morgan fingerprint density at radius 1 is 1.18 bits per heavy atom. The molecule has 0 radical (unpaired) electrons. The first kappa shape index (κ1) is 14.3. The fraction of sp³-hybridized carbons (Fsp3) is 0.615. The van der Waals surface area contributed by atoms with E-state index in [0.717, 1.165) is 31.2 Å². The lowest BCUT2D eigenvalue weighted by Gasteiger charge is -2.41. The van der Waals surface area contributed by atoms with Crippen LogP contribution in [0, 0.1) is 5.41 Å². The molecule has 1 aliphatic carbocycles. The molecule has 1 aliphatic rings. The Kier molecular flexibility index (Phi) is 4.05. The van der Waals surface area contributed by atoms with Crippen LogP contribution >= 0.6 is 12.4 Å². The van der Waals surface area contributed by atoms with E-state index in [-0.39, 0.29) is 23.5 Å². The molecule has 17 heavy (non-hydrogen) atoms. The SMILES string of the molecule is CC1(C)CCC(N)(c2ccc(=O)[nH]c2)CC1.Cl. The number of aromatic nitrogens is 1. The Hall–Kier alpha value is -0.800. The highest BCUT2D eigenvalue weighted by Gasteiger charge is 2.36. The number of aromatic amines is 1. The van der Waals surface area contributed by atoms with Crippen LogP contribution in [0.5, 0.6) is 0 Å². The number of nitrogens with two attached hydrogens (primary N) is 1. The van der Waals surface area contributed by atoms with E-state index < -0.39 is 0 Å². The fourth-order valence-corrected chi connectivity index (χ4v) is 2.38. The van der Waals surface area contributed by atoms with Crippen LogP contribution in [-0.4, -0.2) is 4.98 Å². The van der Waals surface area contributed by atoms with Crippen LogP contribution in [0.2, 0.25) is 0 Å². The topological polar surface area (TPSA) is 58.9 Å². The average molecular weight is 257 g/mol. The van der Waals surface area contributed by atoms with Gasteiger partial charge in [0.2, 0.25) is 5.56 Å². The molecule has 1 aromatic heterocycles. The predicted octanol–water partition coefficient (Wildman–Crippen LogP) is 2.55. The number of hydrogen-bond donors (Lipinski definition) is 2.